The fourth-order valence-electron chi connectivity index (χ4n) is 9.90. The van der Waals surface area contributed by atoms with Gasteiger partial charge in [-0.15, -0.1) is 0 Å². The summed E-state index contributed by atoms with van der Waals surface area (Å²) in [4.78, 5) is 2.47. The molecule has 2 nitrogen and oxygen atoms in total. The van der Waals surface area contributed by atoms with Gasteiger partial charge >= 0.3 is 0 Å². The van der Waals surface area contributed by atoms with Crippen molar-refractivity contribution < 1.29 is 4.42 Å². The normalized spacial score (nSPS) is 12.8. The van der Waals surface area contributed by atoms with Gasteiger partial charge in [0.1, 0.15) is 11.2 Å². The maximum Gasteiger partial charge on any atom is 0.136 e. The number of furan rings is 1. The van der Waals surface area contributed by atoms with E-state index in [9.17, 15) is 0 Å². The van der Waals surface area contributed by atoms with Crippen LogP contribution in [0, 0.1) is 0 Å². The Morgan fingerprint density at radius 3 is 1.75 bits per heavy atom. The van der Waals surface area contributed by atoms with E-state index in [0.29, 0.717) is 0 Å². The minimum atomic E-state index is 0.894. The number of allylic oxidation sites excluding steroid dienone is 3. The largest absolute Gasteiger partial charge is 0.456 e. The Labute approximate surface area is 373 Å². The van der Waals surface area contributed by atoms with E-state index >= 15 is 0 Å². The van der Waals surface area contributed by atoms with Crippen molar-refractivity contribution in [2.45, 2.75) is 12.8 Å². The summed E-state index contributed by atoms with van der Waals surface area (Å²) in [5.74, 6) is 0. The van der Waals surface area contributed by atoms with E-state index in [4.69, 9.17) is 4.42 Å². The van der Waals surface area contributed by atoms with E-state index in [2.05, 4.69) is 229 Å². The van der Waals surface area contributed by atoms with Crippen LogP contribution in [0.4, 0.5) is 11.4 Å². The van der Waals surface area contributed by atoms with Crippen molar-refractivity contribution >= 4 is 60.4 Å². The summed E-state index contributed by atoms with van der Waals surface area (Å²) in [5, 5.41) is 7.33. The molecular formula is C62H43NO. The second-order valence-electron chi connectivity index (χ2n) is 16.7. The van der Waals surface area contributed by atoms with Crippen LogP contribution in [0.5, 0.6) is 0 Å². The molecule has 10 aromatic carbocycles. The molecule has 0 spiro atoms. The Balaban J connectivity index is 1.00. The third-order valence-electron chi connectivity index (χ3n) is 12.9. The zero-order valence-electron chi connectivity index (χ0n) is 35.3. The predicted octanol–water partition coefficient (Wildman–Crippen LogP) is 17.5. The maximum absolute atomic E-state index is 6.37. The summed E-state index contributed by atoms with van der Waals surface area (Å²) in [6.07, 6.45) is 6.79. The van der Waals surface area contributed by atoms with Gasteiger partial charge in [0, 0.05) is 33.4 Å². The molecule has 2 heteroatoms. The summed E-state index contributed by atoms with van der Waals surface area (Å²) in [6, 6.07) is 81.4. The van der Waals surface area contributed by atoms with E-state index in [1.165, 1.54) is 71.8 Å². The van der Waals surface area contributed by atoms with Crippen LogP contribution in [0.25, 0.3) is 93.6 Å². The molecule has 12 rings (SSSR count). The van der Waals surface area contributed by atoms with Crippen LogP contribution in [0.3, 0.4) is 0 Å². The van der Waals surface area contributed by atoms with Gasteiger partial charge in [0.15, 0.2) is 0 Å². The van der Waals surface area contributed by atoms with Crippen molar-refractivity contribution in [1.29, 1.82) is 0 Å². The summed E-state index contributed by atoms with van der Waals surface area (Å²) in [6.45, 7) is 0. The van der Waals surface area contributed by atoms with Crippen LogP contribution in [0.15, 0.2) is 247 Å². The molecule has 11 aromatic rings. The van der Waals surface area contributed by atoms with Crippen LogP contribution in [-0.4, -0.2) is 0 Å². The van der Waals surface area contributed by atoms with Crippen molar-refractivity contribution in [3.63, 3.8) is 0 Å². The molecule has 0 N–H and O–H groups in total. The Morgan fingerprint density at radius 1 is 0.312 bits per heavy atom. The minimum absolute atomic E-state index is 0.894. The fourth-order valence-corrected chi connectivity index (χ4v) is 9.90. The van der Waals surface area contributed by atoms with Gasteiger partial charge < -0.3 is 9.32 Å². The average molecular weight is 818 g/mol. The van der Waals surface area contributed by atoms with Crippen LogP contribution < -0.4 is 4.90 Å². The molecule has 302 valence electrons. The van der Waals surface area contributed by atoms with Crippen molar-refractivity contribution in [1.82, 2.24) is 0 Å². The molecular weight excluding hydrogens is 775 g/mol. The summed E-state index contributed by atoms with van der Waals surface area (Å²) < 4.78 is 6.37. The molecule has 1 aliphatic carbocycles. The van der Waals surface area contributed by atoms with Crippen molar-refractivity contribution in [2.75, 3.05) is 4.90 Å². The molecule has 0 atom stereocenters. The van der Waals surface area contributed by atoms with Gasteiger partial charge in [0.05, 0.1) is 0 Å². The quantitative estimate of drug-likeness (QED) is 0.142. The number of rotatable bonds is 8. The lowest BCUT2D eigenvalue weighted by Gasteiger charge is -2.32. The molecule has 64 heavy (non-hydrogen) atoms. The molecule has 0 saturated heterocycles. The predicted molar refractivity (Wildman–Crippen MR) is 271 cm³/mol. The van der Waals surface area contributed by atoms with Crippen molar-refractivity contribution in [3.8, 4) is 44.5 Å². The highest BCUT2D eigenvalue weighted by Gasteiger charge is 2.25. The summed E-state index contributed by atoms with van der Waals surface area (Å²) in [7, 11) is 0. The molecule has 0 aliphatic heterocycles. The van der Waals surface area contributed by atoms with Gasteiger partial charge in [-0.2, -0.15) is 0 Å². The molecule has 0 radical (unpaired) electrons. The lowest BCUT2D eigenvalue weighted by Crippen LogP contribution is -2.19. The molecule has 0 bridgehead atoms. The standard InChI is InChI=1S/C62H43NO/c1-2-16-42(17-3-1)49-22-6-7-23-52(49)54-24-8-9-25-55(54)57-26-10-12-30-60(57)63(48-20-14-19-45(40-48)46-35-39-59-58-27-11-13-31-61(58)64-62(59)41-46)47-36-32-44(33-37-47)51-28-15-29-53-50-21-5-4-18-43(50)34-38-56(51)53/h1-9,11,13-41H,10,12H2. The monoisotopic (exact) mass is 817 g/mol. The Kier molecular flexibility index (Phi) is 9.34. The van der Waals surface area contributed by atoms with Crippen molar-refractivity contribution in [3.05, 3.63) is 248 Å². The zero-order valence-corrected chi connectivity index (χ0v) is 35.3. The van der Waals surface area contributed by atoms with Gasteiger partial charge in [-0.25, -0.2) is 0 Å². The number of nitrogens with zero attached hydrogens (tertiary/aromatic N) is 1. The first-order valence-electron chi connectivity index (χ1n) is 22.2. The molecule has 1 aliphatic rings. The molecule has 0 unspecified atom stereocenters. The topological polar surface area (TPSA) is 16.4 Å². The van der Waals surface area contributed by atoms with Crippen LogP contribution in [-0.2, 0) is 0 Å². The van der Waals surface area contributed by atoms with Crippen LogP contribution >= 0.6 is 0 Å². The average Bonchev–Trinajstić information content (AvgIpc) is 3.75. The molecule has 1 heterocycles. The van der Waals surface area contributed by atoms with Gasteiger partial charge in [-0.3, -0.25) is 0 Å². The summed E-state index contributed by atoms with van der Waals surface area (Å²) >= 11 is 0. The Hall–Kier alpha value is -8.20. The molecule has 0 amide bonds. The summed E-state index contributed by atoms with van der Waals surface area (Å²) in [5.41, 5.74) is 17.1. The third kappa shape index (κ3) is 6.60. The van der Waals surface area contributed by atoms with Gasteiger partial charge in [-0.1, -0.05) is 194 Å². The van der Waals surface area contributed by atoms with E-state index < -0.39 is 0 Å². The van der Waals surface area contributed by atoms with E-state index in [0.717, 1.165) is 57.3 Å². The third-order valence-corrected chi connectivity index (χ3v) is 12.9. The van der Waals surface area contributed by atoms with E-state index in [-0.39, 0.29) is 0 Å². The van der Waals surface area contributed by atoms with Crippen LogP contribution in [0.1, 0.15) is 18.4 Å². The number of hydrogen-bond acceptors (Lipinski definition) is 2. The van der Waals surface area contributed by atoms with Gasteiger partial charge in [0.25, 0.3) is 0 Å². The smallest absolute Gasteiger partial charge is 0.136 e. The highest BCUT2D eigenvalue weighted by molar-refractivity contribution is 6.12. The number of fused-ring (bicyclic) bond motifs is 6. The number of para-hydroxylation sites is 1. The Bertz CT molecular complexity index is 3610. The van der Waals surface area contributed by atoms with E-state index in [1.807, 2.05) is 12.1 Å². The van der Waals surface area contributed by atoms with E-state index in [1.54, 1.807) is 0 Å². The fraction of sp³-hybridized carbons (Fsp3) is 0.0323. The zero-order chi connectivity index (χ0) is 42.4. The van der Waals surface area contributed by atoms with Crippen LogP contribution in [0.2, 0.25) is 0 Å². The lowest BCUT2D eigenvalue weighted by atomic mass is 9.86. The maximum atomic E-state index is 6.37. The molecule has 0 fully saturated rings. The van der Waals surface area contributed by atoms with Gasteiger partial charge in [-0.05, 0) is 127 Å². The van der Waals surface area contributed by atoms with Crippen molar-refractivity contribution in [2.24, 2.45) is 0 Å². The first kappa shape index (κ1) is 37.6. The Morgan fingerprint density at radius 2 is 0.891 bits per heavy atom. The highest BCUT2D eigenvalue weighted by Crippen LogP contribution is 2.45. The lowest BCUT2D eigenvalue weighted by molar-refractivity contribution is 0.669. The number of benzene rings is 10. The first-order chi connectivity index (χ1) is 31.7. The number of anilines is 2. The molecule has 0 saturated carbocycles. The molecule has 1 aromatic heterocycles. The second kappa shape index (κ2) is 15.9. The minimum Gasteiger partial charge on any atom is -0.456 e. The number of hydrogen-bond donors (Lipinski definition) is 0. The first-order valence-corrected chi connectivity index (χ1v) is 22.2. The second-order valence-corrected chi connectivity index (χ2v) is 16.7. The van der Waals surface area contributed by atoms with Gasteiger partial charge in [0.2, 0.25) is 0 Å². The highest BCUT2D eigenvalue weighted by atomic mass is 16.3. The SMILES string of the molecule is C1=C(c2ccccc2-c2ccccc2-c2ccccc2)C(N(c2ccc(-c3cccc4c3ccc3ccccc34)cc2)c2cccc(-c3ccc4c(c3)oc3ccccc34)c2)=CCC1.